The Morgan fingerprint density at radius 2 is 2.10 bits per heavy atom. The van der Waals surface area contributed by atoms with Crippen LogP contribution in [0.4, 0.5) is 5.13 Å². The van der Waals surface area contributed by atoms with Crippen LogP contribution in [0.1, 0.15) is 18.5 Å². The molecule has 0 radical (unpaired) electrons. The molecule has 0 fully saturated rings. The monoisotopic (exact) mass is 366 g/mol. The number of benzene rings is 2. The lowest BCUT2D eigenvalue weighted by atomic mass is 10.1. The number of hydrogen-bond donors (Lipinski definition) is 1. The van der Waals surface area contributed by atoms with Crippen molar-refractivity contribution in [3.05, 3.63) is 57.5 Å². The van der Waals surface area contributed by atoms with Gasteiger partial charge in [0.25, 0.3) is 0 Å². The molecule has 0 saturated heterocycles. The standard InChI is InChI=1S/C15H12BrClN2S/c1-9(10-3-2-4-11(16)7-10)18-15-19-13-8-12(17)5-6-14(13)20-15/h2-9H,1H3,(H,18,19). The van der Waals surface area contributed by atoms with E-state index in [2.05, 4.69) is 45.3 Å². The zero-order chi connectivity index (χ0) is 14.1. The number of anilines is 1. The van der Waals surface area contributed by atoms with Crippen molar-refractivity contribution >= 4 is 54.2 Å². The Morgan fingerprint density at radius 1 is 1.25 bits per heavy atom. The van der Waals surface area contributed by atoms with Crippen LogP contribution in [0.5, 0.6) is 0 Å². The van der Waals surface area contributed by atoms with Gasteiger partial charge < -0.3 is 5.32 Å². The first-order chi connectivity index (χ1) is 9.61. The summed E-state index contributed by atoms with van der Waals surface area (Å²) in [6.45, 7) is 2.13. The van der Waals surface area contributed by atoms with Crippen molar-refractivity contribution in [1.82, 2.24) is 4.98 Å². The van der Waals surface area contributed by atoms with E-state index in [1.165, 1.54) is 5.56 Å². The largest absolute Gasteiger partial charge is 0.355 e. The summed E-state index contributed by atoms with van der Waals surface area (Å²) in [4.78, 5) is 4.57. The van der Waals surface area contributed by atoms with Gasteiger partial charge in [-0.15, -0.1) is 0 Å². The SMILES string of the molecule is CC(Nc1nc2cc(Cl)ccc2s1)c1cccc(Br)c1. The fourth-order valence-corrected chi connectivity index (χ4v) is 3.52. The number of halogens is 2. The molecule has 3 aromatic rings. The predicted octanol–water partition coefficient (Wildman–Crippen LogP) is 5.89. The maximum absolute atomic E-state index is 5.99. The van der Waals surface area contributed by atoms with Gasteiger partial charge in [0.05, 0.1) is 16.3 Å². The summed E-state index contributed by atoms with van der Waals surface area (Å²) < 4.78 is 2.22. The summed E-state index contributed by atoms with van der Waals surface area (Å²) in [5.74, 6) is 0. The van der Waals surface area contributed by atoms with E-state index in [0.29, 0.717) is 0 Å². The maximum atomic E-state index is 5.99. The summed E-state index contributed by atoms with van der Waals surface area (Å²) >= 11 is 11.1. The fourth-order valence-electron chi connectivity index (χ4n) is 2.01. The molecule has 102 valence electrons. The minimum Gasteiger partial charge on any atom is -0.355 e. The third kappa shape index (κ3) is 2.97. The van der Waals surface area contributed by atoms with Gasteiger partial charge in [-0.1, -0.05) is 51.0 Å². The lowest BCUT2D eigenvalue weighted by Crippen LogP contribution is -2.05. The lowest BCUT2D eigenvalue weighted by Gasteiger charge is -2.13. The summed E-state index contributed by atoms with van der Waals surface area (Å²) in [5.41, 5.74) is 2.16. The van der Waals surface area contributed by atoms with E-state index < -0.39 is 0 Å². The van der Waals surface area contributed by atoms with Crippen molar-refractivity contribution in [2.24, 2.45) is 0 Å². The molecule has 1 unspecified atom stereocenters. The van der Waals surface area contributed by atoms with Crippen molar-refractivity contribution in [3.63, 3.8) is 0 Å². The minimum atomic E-state index is 0.198. The van der Waals surface area contributed by atoms with Gasteiger partial charge in [0.15, 0.2) is 5.13 Å². The van der Waals surface area contributed by atoms with E-state index in [-0.39, 0.29) is 6.04 Å². The molecule has 2 nitrogen and oxygen atoms in total. The zero-order valence-corrected chi connectivity index (χ0v) is 13.9. The number of hydrogen-bond acceptors (Lipinski definition) is 3. The first-order valence-corrected chi connectivity index (χ1v) is 8.18. The molecule has 0 aliphatic carbocycles. The molecule has 5 heteroatoms. The molecular formula is C15H12BrClN2S. The van der Waals surface area contributed by atoms with Gasteiger partial charge >= 0.3 is 0 Å². The molecule has 0 saturated carbocycles. The number of aromatic nitrogens is 1. The van der Waals surface area contributed by atoms with Crippen LogP contribution in [0.25, 0.3) is 10.2 Å². The highest BCUT2D eigenvalue weighted by Crippen LogP contribution is 2.30. The highest BCUT2D eigenvalue weighted by Gasteiger charge is 2.09. The molecule has 0 aliphatic heterocycles. The Morgan fingerprint density at radius 3 is 2.90 bits per heavy atom. The molecule has 2 aromatic carbocycles. The van der Waals surface area contributed by atoms with Gasteiger partial charge in [-0.05, 0) is 42.8 Å². The lowest BCUT2D eigenvalue weighted by molar-refractivity contribution is 0.881. The van der Waals surface area contributed by atoms with Crippen LogP contribution in [-0.4, -0.2) is 4.98 Å². The molecule has 1 aromatic heterocycles. The molecule has 0 bridgehead atoms. The van der Waals surface area contributed by atoms with Crippen molar-refractivity contribution in [2.75, 3.05) is 5.32 Å². The first kappa shape index (κ1) is 13.9. The normalized spacial score (nSPS) is 12.6. The Hall–Kier alpha value is -1.10. The van der Waals surface area contributed by atoms with Gasteiger partial charge in [0.2, 0.25) is 0 Å². The van der Waals surface area contributed by atoms with Crippen LogP contribution in [0.15, 0.2) is 46.9 Å². The molecule has 1 N–H and O–H groups in total. The van der Waals surface area contributed by atoms with Gasteiger partial charge in [-0.25, -0.2) is 4.98 Å². The van der Waals surface area contributed by atoms with E-state index in [0.717, 1.165) is 24.8 Å². The topological polar surface area (TPSA) is 24.9 Å². The second-order valence-electron chi connectivity index (χ2n) is 4.55. The fraction of sp³-hybridized carbons (Fsp3) is 0.133. The second-order valence-corrected chi connectivity index (χ2v) is 6.93. The van der Waals surface area contributed by atoms with Gasteiger partial charge in [-0.3, -0.25) is 0 Å². The number of nitrogens with one attached hydrogen (secondary N) is 1. The van der Waals surface area contributed by atoms with E-state index >= 15 is 0 Å². The number of fused-ring (bicyclic) bond motifs is 1. The number of thiazole rings is 1. The summed E-state index contributed by atoms with van der Waals surface area (Å²) in [5, 5.41) is 5.07. The third-order valence-corrected chi connectivity index (χ3v) is 4.73. The van der Waals surface area contributed by atoms with Gasteiger partial charge in [0.1, 0.15) is 0 Å². The van der Waals surface area contributed by atoms with E-state index in [1.54, 1.807) is 11.3 Å². The summed E-state index contributed by atoms with van der Waals surface area (Å²) in [6.07, 6.45) is 0. The van der Waals surface area contributed by atoms with Gasteiger partial charge in [0, 0.05) is 9.50 Å². The highest BCUT2D eigenvalue weighted by atomic mass is 79.9. The maximum Gasteiger partial charge on any atom is 0.184 e. The van der Waals surface area contributed by atoms with Crippen molar-refractivity contribution < 1.29 is 0 Å². The molecule has 3 rings (SSSR count). The van der Waals surface area contributed by atoms with E-state index in [9.17, 15) is 0 Å². The highest BCUT2D eigenvalue weighted by molar-refractivity contribution is 9.10. The van der Waals surface area contributed by atoms with Crippen molar-refractivity contribution in [3.8, 4) is 0 Å². The molecule has 1 heterocycles. The minimum absolute atomic E-state index is 0.198. The molecule has 20 heavy (non-hydrogen) atoms. The molecule has 1 atom stereocenters. The average molecular weight is 368 g/mol. The molecule has 0 spiro atoms. The van der Waals surface area contributed by atoms with Crippen LogP contribution >= 0.6 is 38.9 Å². The average Bonchev–Trinajstić information content (AvgIpc) is 2.80. The molecule has 0 amide bonds. The quantitative estimate of drug-likeness (QED) is 0.624. The second kappa shape index (κ2) is 5.72. The first-order valence-electron chi connectivity index (χ1n) is 6.20. The van der Waals surface area contributed by atoms with Gasteiger partial charge in [-0.2, -0.15) is 0 Å². The Bertz CT molecular complexity index is 756. The van der Waals surface area contributed by atoms with Crippen molar-refractivity contribution in [1.29, 1.82) is 0 Å². The number of rotatable bonds is 3. The van der Waals surface area contributed by atoms with Crippen LogP contribution in [0.2, 0.25) is 5.02 Å². The van der Waals surface area contributed by atoms with Crippen LogP contribution < -0.4 is 5.32 Å². The van der Waals surface area contributed by atoms with Crippen LogP contribution in [0.3, 0.4) is 0 Å². The van der Waals surface area contributed by atoms with Crippen molar-refractivity contribution in [2.45, 2.75) is 13.0 Å². The molecule has 0 aliphatic rings. The number of nitrogens with zero attached hydrogens (tertiary/aromatic N) is 1. The molecular weight excluding hydrogens is 356 g/mol. The Kier molecular flexibility index (Phi) is 3.96. The summed E-state index contributed by atoms with van der Waals surface area (Å²) in [6, 6.07) is 14.3. The Labute approximate surface area is 134 Å². The zero-order valence-electron chi connectivity index (χ0n) is 10.7. The third-order valence-electron chi connectivity index (χ3n) is 3.04. The van der Waals surface area contributed by atoms with E-state index in [4.69, 9.17) is 11.6 Å². The van der Waals surface area contributed by atoms with Crippen LogP contribution in [-0.2, 0) is 0 Å². The smallest absolute Gasteiger partial charge is 0.184 e. The Balaban J connectivity index is 1.85. The van der Waals surface area contributed by atoms with E-state index in [1.807, 2.05) is 30.3 Å². The predicted molar refractivity (Wildman–Crippen MR) is 90.8 cm³/mol. The summed E-state index contributed by atoms with van der Waals surface area (Å²) in [7, 11) is 0. The van der Waals surface area contributed by atoms with Crippen LogP contribution in [0, 0.1) is 0 Å².